The molecule has 1 atom stereocenters. The summed E-state index contributed by atoms with van der Waals surface area (Å²) in [7, 11) is 0. The molecule has 0 saturated carbocycles. The van der Waals surface area contributed by atoms with Gasteiger partial charge in [-0.2, -0.15) is 0 Å². The minimum atomic E-state index is -0.711. The molecule has 15 heavy (non-hydrogen) atoms. The van der Waals surface area contributed by atoms with Gasteiger partial charge in [0, 0.05) is 4.88 Å². The number of carbonyl (C=O) groups excluding carboxylic acids is 2. The highest BCUT2D eigenvalue weighted by Crippen LogP contribution is 2.07. The summed E-state index contributed by atoms with van der Waals surface area (Å²) in [4.78, 5) is 23.2. The van der Waals surface area contributed by atoms with Crippen molar-refractivity contribution in [2.24, 2.45) is 0 Å². The van der Waals surface area contributed by atoms with E-state index in [9.17, 15) is 9.59 Å². The molecule has 1 rings (SSSR count). The van der Waals surface area contributed by atoms with Crippen LogP contribution in [0, 0.1) is 0 Å². The van der Waals surface area contributed by atoms with Crippen molar-refractivity contribution in [1.29, 1.82) is 0 Å². The van der Waals surface area contributed by atoms with Crippen LogP contribution in [0.1, 0.15) is 11.8 Å². The van der Waals surface area contributed by atoms with Crippen LogP contribution in [0.2, 0.25) is 0 Å². The fraction of sp³-hybridized carbons (Fsp3) is 0.333. The van der Waals surface area contributed by atoms with Gasteiger partial charge >= 0.3 is 6.03 Å². The van der Waals surface area contributed by atoms with Gasteiger partial charge < -0.3 is 5.32 Å². The first-order chi connectivity index (χ1) is 7.09. The van der Waals surface area contributed by atoms with Crippen molar-refractivity contribution >= 4 is 34.9 Å². The molecule has 0 aliphatic carbocycles. The van der Waals surface area contributed by atoms with Crippen molar-refractivity contribution in [3.05, 3.63) is 22.4 Å². The number of alkyl halides is 1. The summed E-state index contributed by atoms with van der Waals surface area (Å²) in [6.45, 7) is 1.91. The van der Waals surface area contributed by atoms with E-state index in [1.165, 1.54) is 18.3 Å². The van der Waals surface area contributed by atoms with Gasteiger partial charge in [-0.05, 0) is 18.4 Å². The van der Waals surface area contributed by atoms with Crippen LogP contribution in [0.15, 0.2) is 17.5 Å². The number of imide groups is 1. The molecular weight excluding hydrogens is 236 g/mol. The number of urea groups is 1. The Labute approximate surface area is 96.6 Å². The van der Waals surface area contributed by atoms with E-state index in [2.05, 4.69) is 10.6 Å². The van der Waals surface area contributed by atoms with Crippen LogP contribution >= 0.6 is 22.9 Å². The van der Waals surface area contributed by atoms with Crippen LogP contribution in [0.3, 0.4) is 0 Å². The first kappa shape index (κ1) is 12.0. The zero-order valence-corrected chi connectivity index (χ0v) is 9.69. The molecule has 1 aromatic rings. The summed E-state index contributed by atoms with van der Waals surface area (Å²) >= 11 is 7.02. The summed E-state index contributed by atoms with van der Waals surface area (Å²) in [5.41, 5.74) is 0. The number of amides is 3. The minimum Gasteiger partial charge on any atom is -0.333 e. The Morgan fingerprint density at radius 1 is 1.60 bits per heavy atom. The van der Waals surface area contributed by atoms with Gasteiger partial charge in [0.05, 0.1) is 6.54 Å². The van der Waals surface area contributed by atoms with Gasteiger partial charge in [0.25, 0.3) is 0 Å². The maximum atomic E-state index is 11.2. The predicted octanol–water partition coefficient (Wildman–Crippen LogP) is 1.70. The Bertz CT molecular complexity index is 338. The topological polar surface area (TPSA) is 58.2 Å². The highest BCUT2D eigenvalue weighted by Gasteiger charge is 2.12. The normalized spacial score (nSPS) is 11.9. The monoisotopic (exact) mass is 246 g/mol. The summed E-state index contributed by atoms with van der Waals surface area (Å²) in [6.07, 6.45) is 0. The molecule has 6 heteroatoms. The first-order valence-corrected chi connectivity index (χ1v) is 5.66. The molecule has 0 aliphatic heterocycles. The fourth-order valence-electron chi connectivity index (χ4n) is 0.836. The molecule has 0 bridgehead atoms. The van der Waals surface area contributed by atoms with Gasteiger partial charge in [0.15, 0.2) is 0 Å². The lowest BCUT2D eigenvalue weighted by atomic mass is 10.4. The van der Waals surface area contributed by atoms with Crippen molar-refractivity contribution < 1.29 is 9.59 Å². The molecule has 1 aromatic heterocycles. The lowest BCUT2D eigenvalue weighted by Crippen LogP contribution is -2.41. The lowest BCUT2D eigenvalue weighted by Gasteiger charge is -2.06. The van der Waals surface area contributed by atoms with E-state index in [1.54, 1.807) is 0 Å². The standard InChI is InChI=1S/C9H11ClN2O2S/c1-6(10)8(13)12-9(14)11-5-7-3-2-4-15-7/h2-4,6H,5H2,1H3,(H2,11,12,13,14). The Kier molecular flexibility index (Phi) is 4.58. The molecule has 0 saturated heterocycles. The van der Waals surface area contributed by atoms with Crippen molar-refractivity contribution in [1.82, 2.24) is 10.6 Å². The second-order valence-electron chi connectivity index (χ2n) is 2.87. The third-order valence-electron chi connectivity index (χ3n) is 1.60. The van der Waals surface area contributed by atoms with Gasteiger partial charge in [-0.1, -0.05) is 6.07 Å². The average molecular weight is 247 g/mol. The van der Waals surface area contributed by atoms with Crippen molar-refractivity contribution in [2.75, 3.05) is 0 Å². The number of halogens is 1. The maximum absolute atomic E-state index is 11.2. The van der Waals surface area contributed by atoms with Crippen LogP contribution in [-0.2, 0) is 11.3 Å². The van der Waals surface area contributed by atoms with Crippen molar-refractivity contribution in [2.45, 2.75) is 18.8 Å². The van der Waals surface area contributed by atoms with E-state index in [4.69, 9.17) is 11.6 Å². The summed E-state index contributed by atoms with van der Waals surface area (Å²) in [5, 5.41) is 5.88. The summed E-state index contributed by atoms with van der Waals surface area (Å²) < 4.78 is 0. The second-order valence-corrected chi connectivity index (χ2v) is 4.55. The summed E-state index contributed by atoms with van der Waals surface area (Å²) in [6, 6.07) is 3.27. The van der Waals surface area contributed by atoms with Crippen molar-refractivity contribution in [3.63, 3.8) is 0 Å². The van der Waals surface area contributed by atoms with Crippen LogP contribution in [0.5, 0.6) is 0 Å². The number of thiophene rings is 1. The fourth-order valence-corrected chi connectivity index (χ4v) is 1.54. The van der Waals surface area contributed by atoms with Crippen LogP contribution in [0.4, 0.5) is 4.79 Å². The molecule has 0 fully saturated rings. The highest BCUT2D eigenvalue weighted by atomic mass is 35.5. The molecular formula is C9H11ClN2O2S. The van der Waals surface area contributed by atoms with Gasteiger partial charge in [-0.15, -0.1) is 22.9 Å². The third-order valence-corrected chi connectivity index (χ3v) is 2.68. The number of hydrogen-bond acceptors (Lipinski definition) is 3. The van der Waals surface area contributed by atoms with E-state index in [0.29, 0.717) is 6.54 Å². The predicted molar refractivity (Wildman–Crippen MR) is 60.0 cm³/mol. The quantitative estimate of drug-likeness (QED) is 0.798. The second kappa shape index (κ2) is 5.72. The summed E-state index contributed by atoms with van der Waals surface area (Å²) in [5.74, 6) is -0.500. The molecule has 0 spiro atoms. The van der Waals surface area contributed by atoms with Gasteiger partial charge in [0.1, 0.15) is 5.38 Å². The average Bonchev–Trinajstić information content (AvgIpc) is 2.66. The Balaban J connectivity index is 2.28. The molecule has 0 aromatic carbocycles. The van der Waals surface area contributed by atoms with Crippen LogP contribution in [-0.4, -0.2) is 17.3 Å². The van der Waals surface area contributed by atoms with Crippen LogP contribution < -0.4 is 10.6 Å². The minimum absolute atomic E-state index is 0.410. The number of hydrogen-bond donors (Lipinski definition) is 2. The lowest BCUT2D eigenvalue weighted by molar-refractivity contribution is -0.119. The molecule has 3 amide bonds. The largest absolute Gasteiger partial charge is 0.333 e. The molecule has 0 aliphatic rings. The maximum Gasteiger partial charge on any atom is 0.321 e. The third kappa shape index (κ3) is 4.31. The zero-order chi connectivity index (χ0) is 11.3. The highest BCUT2D eigenvalue weighted by molar-refractivity contribution is 7.09. The Hall–Kier alpha value is -1.07. The van der Waals surface area contributed by atoms with E-state index in [0.717, 1.165) is 4.88 Å². The Morgan fingerprint density at radius 3 is 2.87 bits per heavy atom. The van der Waals surface area contributed by atoms with E-state index < -0.39 is 17.3 Å². The molecule has 82 valence electrons. The smallest absolute Gasteiger partial charge is 0.321 e. The molecule has 1 heterocycles. The first-order valence-electron chi connectivity index (χ1n) is 4.34. The number of nitrogens with one attached hydrogen (secondary N) is 2. The zero-order valence-electron chi connectivity index (χ0n) is 8.12. The molecule has 4 nitrogen and oxygen atoms in total. The van der Waals surface area contributed by atoms with Gasteiger partial charge in [-0.3, -0.25) is 10.1 Å². The van der Waals surface area contributed by atoms with Crippen LogP contribution in [0.25, 0.3) is 0 Å². The molecule has 2 N–H and O–H groups in total. The van der Waals surface area contributed by atoms with E-state index in [1.807, 2.05) is 17.5 Å². The van der Waals surface area contributed by atoms with E-state index in [-0.39, 0.29) is 0 Å². The van der Waals surface area contributed by atoms with E-state index >= 15 is 0 Å². The number of carbonyl (C=O) groups is 2. The van der Waals surface area contributed by atoms with Gasteiger partial charge in [0.2, 0.25) is 5.91 Å². The number of rotatable bonds is 3. The SMILES string of the molecule is CC(Cl)C(=O)NC(=O)NCc1cccs1. The molecule has 0 radical (unpaired) electrons. The Morgan fingerprint density at radius 2 is 2.33 bits per heavy atom. The molecule has 1 unspecified atom stereocenters. The van der Waals surface area contributed by atoms with Gasteiger partial charge in [-0.25, -0.2) is 4.79 Å². The van der Waals surface area contributed by atoms with Crippen molar-refractivity contribution in [3.8, 4) is 0 Å².